The van der Waals surface area contributed by atoms with Crippen LogP contribution in [0, 0.1) is 0 Å². The van der Waals surface area contributed by atoms with Crippen molar-refractivity contribution in [2.45, 2.75) is 77.4 Å². The Bertz CT molecular complexity index is 2780. The highest BCUT2D eigenvalue weighted by atomic mass is 79.9. The highest BCUT2D eigenvalue weighted by molar-refractivity contribution is 9.10. The van der Waals surface area contributed by atoms with Crippen molar-refractivity contribution >= 4 is 38.1 Å². The van der Waals surface area contributed by atoms with E-state index < -0.39 is 0 Å². The van der Waals surface area contributed by atoms with Crippen LogP contribution in [0.5, 0.6) is 11.5 Å². The molecule has 7 heterocycles. The van der Waals surface area contributed by atoms with Gasteiger partial charge in [-0.25, -0.2) is 19.0 Å². The van der Waals surface area contributed by atoms with Crippen LogP contribution in [-0.4, -0.2) is 94.5 Å². The summed E-state index contributed by atoms with van der Waals surface area (Å²) in [5.41, 5.74) is 8.47. The van der Waals surface area contributed by atoms with Crippen molar-refractivity contribution in [3.8, 4) is 44.9 Å². The second-order valence-electron chi connectivity index (χ2n) is 18.1. The number of ether oxygens (including phenoxy) is 2. The molecule has 2 fully saturated rings. The highest BCUT2D eigenvalue weighted by Crippen LogP contribution is 2.32. The summed E-state index contributed by atoms with van der Waals surface area (Å²) in [6.45, 7) is 15.3. The molecule has 0 bridgehead atoms. The van der Waals surface area contributed by atoms with Gasteiger partial charge in [0.15, 0.2) is 11.3 Å². The van der Waals surface area contributed by atoms with Crippen LogP contribution in [0.3, 0.4) is 0 Å². The van der Waals surface area contributed by atoms with Crippen LogP contribution in [0.25, 0.3) is 55.6 Å². The lowest BCUT2D eigenvalue weighted by Crippen LogP contribution is -2.44. The van der Waals surface area contributed by atoms with Crippen molar-refractivity contribution < 1.29 is 9.47 Å². The predicted molar refractivity (Wildman–Crippen MR) is 255 cm³/mol. The molecule has 8 aromatic rings. The molecule has 2 aliphatic rings. The Balaban J connectivity index is 0.000000167. The van der Waals surface area contributed by atoms with Crippen LogP contribution in [-0.2, 0) is 0 Å². The Morgan fingerprint density at radius 2 is 1.05 bits per heavy atom. The Kier molecular flexibility index (Phi) is 12.6. The number of rotatable bonds is 11. The maximum absolute atomic E-state index is 6.37. The first-order valence-corrected chi connectivity index (χ1v) is 23.1. The van der Waals surface area contributed by atoms with Gasteiger partial charge in [0, 0.05) is 66.2 Å². The standard InChI is InChI=1S/C30H31N5O.C21H25BrN4O/c1-30(2,21-34-16-4-3-5-17-34)36-24-13-11-22(12-14-24)23-18-32-29-27(19-33-35(29)20-23)25-8-6-10-28-26(25)9-7-15-31-28;1-21(2,15-25-10-4-3-5-11-25)27-18-8-6-16(7-9-18)17-12-23-20-19(22)13-24-26(20)14-17/h6-15,18-20H,3-5,16-17,21H2,1-2H3;6-9,12-14H,3-5,10-11,15H2,1-2H3. The van der Waals surface area contributed by atoms with E-state index in [0.29, 0.717) is 0 Å². The number of likely N-dealkylation sites (tertiary alicyclic amines) is 2. The zero-order chi connectivity index (χ0) is 43.4. The minimum Gasteiger partial charge on any atom is -0.487 e. The average molecular weight is 907 g/mol. The maximum atomic E-state index is 6.37. The van der Waals surface area contributed by atoms with E-state index in [2.05, 4.69) is 122 Å². The van der Waals surface area contributed by atoms with E-state index in [0.717, 1.165) is 84.6 Å². The summed E-state index contributed by atoms with van der Waals surface area (Å²) in [6.07, 6.45) is 21.2. The van der Waals surface area contributed by atoms with Gasteiger partial charge < -0.3 is 9.47 Å². The van der Waals surface area contributed by atoms with Gasteiger partial charge in [0.25, 0.3) is 0 Å². The quantitative estimate of drug-likeness (QED) is 0.126. The number of pyridine rings is 1. The Labute approximate surface area is 378 Å². The fraction of sp³-hybridized carbons (Fsp3) is 0.353. The molecule has 0 atom stereocenters. The zero-order valence-corrected chi connectivity index (χ0v) is 38.3. The summed E-state index contributed by atoms with van der Waals surface area (Å²) in [5, 5.41) is 10.0. The minimum absolute atomic E-state index is 0.208. The maximum Gasteiger partial charge on any atom is 0.169 e. The largest absolute Gasteiger partial charge is 0.487 e. The first-order valence-electron chi connectivity index (χ1n) is 22.3. The van der Waals surface area contributed by atoms with E-state index in [4.69, 9.17) is 14.5 Å². The Hall–Kier alpha value is -5.69. The molecule has 5 aromatic heterocycles. The fourth-order valence-electron chi connectivity index (χ4n) is 8.99. The zero-order valence-electron chi connectivity index (χ0n) is 36.8. The number of hydrogen-bond acceptors (Lipinski definition) is 9. The smallest absolute Gasteiger partial charge is 0.169 e. The summed E-state index contributed by atoms with van der Waals surface area (Å²) in [7, 11) is 0. The summed E-state index contributed by atoms with van der Waals surface area (Å²) >= 11 is 3.45. The van der Waals surface area contributed by atoms with Crippen LogP contribution < -0.4 is 9.47 Å². The molecule has 0 aliphatic carbocycles. The van der Waals surface area contributed by atoms with Gasteiger partial charge in [-0.2, -0.15) is 10.2 Å². The molecule has 2 aliphatic heterocycles. The number of hydrogen-bond donors (Lipinski definition) is 0. The third-order valence-corrected chi connectivity index (χ3v) is 12.4. The van der Waals surface area contributed by atoms with Crippen molar-refractivity contribution in [3.63, 3.8) is 0 Å². The molecular formula is C51H56BrN9O2. The molecule has 10 rings (SSSR count). The van der Waals surface area contributed by atoms with Crippen molar-refractivity contribution in [3.05, 3.63) is 127 Å². The van der Waals surface area contributed by atoms with Gasteiger partial charge in [-0.05, 0) is 149 Å². The van der Waals surface area contributed by atoms with Gasteiger partial charge in [0.2, 0.25) is 0 Å². The SMILES string of the molecule is CC(C)(CN1CCCCC1)Oc1ccc(-c2cnc3c(-c4cccc5ncccc45)cnn3c2)cc1.CC(C)(CN1CCCCC1)Oc1ccc(-c2cnc3c(Br)cnn3c2)cc1. The summed E-state index contributed by atoms with van der Waals surface area (Å²) < 4.78 is 17.2. The second kappa shape index (κ2) is 18.6. The number of benzene rings is 3. The van der Waals surface area contributed by atoms with E-state index in [9.17, 15) is 0 Å². The van der Waals surface area contributed by atoms with Crippen molar-refractivity contribution in [1.82, 2.24) is 44.0 Å². The fourth-order valence-corrected chi connectivity index (χ4v) is 9.37. The monoisotopic (exact) mass is 905 g/mol. The minimum atomic E-state index is -0.234. The van der Waals surface area contributed by atoms with Gasteiger partial charge in [-0.1, -0.05) is 55.3 Å². The molecule has 0 radical (unpaired) electrons. The van der Waals surface area contributed by atoms with Crippen LogP contribution in [0.2, 0.25) is 0 Å². The molecule has 0 spiro atoms. The first kappa shape index (κ1) is 42.6. The summed E-state index contributed by atoms with van der Waals surface area (Å²) in [5.74, 6) is 1.79. The van der Waals surface area contributed by atoms with Crippen LogP contribution in [0.1, 0.15) is 66.2 Å². The third-order valence-electron chi connectivity index (χ3n) is 11.9. The highest BCUT2D eigenvalue weighted by Gasteiger charge is 2.26. The number of halogens is 1. The lowest BCUT2D eigenvalue weighted by atomic mass is 10.0. The van der Waals surface area contributed by atoms with Gasteiger partial charge in [-0.15, -0.1) is 0 Å². The molecule has 2 saturated heterocycles. The molecule has 0 amide bonds. The number of piperidine rings is 2. The molecule has 0 N–H and O–H groups in total. The topological polar surface area (TPSA) is 98.2 Å². The van der Waals surface area contributed by atoms with Crippen molar-refractivity contribution in [1.29, 1.82) is 0 Å². The van der Waals surface area contributed by atoms with E-state index in [-0.39, 0.29) is 11.2 Å². The van der Waals surface area contributed by atoms with E-state index in [1.807, 2.05) is 72.0 Å². The molecular weight excluding hydrogens is 851 g/mol. The van der Waals surface area contributed by atoms with Gasteiger partial charge >= 0.3 is 0 Å². The predicted octanol–water partition coefficient (Wildman–Crippen LogP) is 11.1. The molecule has 63 heavy (non-hydrogen) atoms. The van der Waals surface area contributed by atoms with Crippen molar-refractivity contribution in [2.75, 3.05) is 39.3 Å². The second-order valence-corrected chi connectivity index (χ2v) is 18.9. The van der Waals surface area contributed by atoms with Gasteiger partial charge in [-0.3, -0.25) is 14.8 Å². The molecule has 3 aromatic carbocycles. The Morgan fingerprint density at radius 3 is 1.62 bits per heavy atom. The van der Waals surface area contributed by atoms with Gasteiger partial charge in [0.1, 0.15) is 22.7 Å². The van der Waals surface area contributed by atoms with Crippen LogP contribution in [0.4, 0.5) is 0 Å². The summed E-state index contributed by atoms with van der Waals surface area (Å²) in [6, 6.07) is 26.7. The summed E-state index contributed by atoms with van der Waals surface area (Å²) in [4.78, 5) is 18.8. The molecule has 11 nitrogen and oxygen atoms in total. The molecule has 0 saturated carbocycles. The molecule has 324 valence electrons. The van der Waals surface area contributed by atoms with Crippen LogP contribution >= 0.6 is 15.9 Å². The Morgan fingerprint density at radius 1 is 0.524 bits per heavy atom. The van der Waals surface area contributed by atoms with Crippen molar-refractivity contribution in [2.24, 2.45) is 0 Å². The number of fused-ring (bicyclic) bond motifs is 3. The lowest BCUT2D eigenvalue weighted by Gasteiger charge is -2.35. The average Bonchev–Trinajstić information content (AvgIpc) is 3.89. The van der Waals surface area contributed by atoms with Crippen LogP contribution in [0.15, 0.2) is 127 Å². The normalized spacial score (nSPS) is 15.4. The number of nitrogens with zero attached hydrogens (tertiary/aromatic N) is 9. The molecule has 0 unspecified atom stereocenters. The molecule has 12 heteroatoms. The first-order chi connectivity index (χ1) is 30.6. The number of aromatic nitrogens is 7. The van der Waals surface area contributed by atoms with Gasteiger partial charge in [0.05, 0.1) is 22.4 Å². The van der Waals surface area contributed by atoms with E-state index >= 15 is 0 Å². The van der Waals surface area contributed by atoms with E-state index in [1.165, 1.54) is 64.7 Å². The lowest BCUT2D eigenvalue weighted by molar-refractivity contribution is 0.0517. The third kappa shape index (κ3) is 10.2. The van der Waals surface area contributed by atoms with E-state index in [1.54, 1.807) is 10.7 Å².